The number of hydrogen-bond donors (Lipinski definition) is 2. The molecule has 1 aromatic carbocycles. The fourth-order valence-electron chi connectivity index (χ4n) is 1.91. The van der Waals surface area contributed by atoms with Crippen LogP contribution in [0.1, 0.15) is 43.9 Å². The highest BCUT2D eigenvalue weighted by Crippen LogP contribution is 2.30. The van der Waals surface area contributed by atoms with Gasteiger partial charge in [0.15, 0.2) is 0 Å². The topological polar surface area (TPSA) is 72.5 Å². The lowest BCUT2D eigenvalue weighted by molar-refractivity contribution is -0.137. The molecule has 0 aliphatic rings. The number of carboxylic acid groups (broad SMARTS) is 1. The molecule has 0 fully saturated rings. The third-order valence-corrected chi connectivity index (χ3v) is 2.69. The van der Waals surface area contributed by atoms with Crippen molar-refractivity contribution in [2.75, 3.05) is 0 Å². The summed E-state index contributed by atoms with van der Waals surface area (Å²) in [6.07, 6.45) is 0.544. The van der Waals surface area contributed by atoms with E-state index in [-0.39, 0.29) is 18.6 Å². The molecule has 1 unspecified atom stereocenters. The number of carbonyl (C=O) groups is 1. The summed E-state index contributed by atoms with van der Waals surface area (Å²) in [5.41, 5.74) is 8.02. The number of carboxylic acids is 1. The van der Waals surface area contributed by atoms with Crippen LogP contribution in [0.5, 0.6) is 5.75 Å². The standard InChI is InChI=1S/C14H21NO3/c1-9(2)18-12-6-4-5-10(3)14(12)11(15)7-8-13(16)17/h4-6,9,11H,7-8,15H2,1-3H3,(H,16,17). The molecule has 18 heavy (non-hydrogen) atoms. The van der Waals surface area contributed by atoms with E-state index < -0.39 is 5.97 Å². The van der Waals surface area contributed by atoms with Gasteiger partial charge in [0.1, 0.15) is 5.75 Å². The maximum absolute atomic E-state index is 10.6. The molecule has 0 amide bonds. The van der Waals surface area contributed by atoms with Crippen molar-refractivity contribution in [2.45, 2.75) is 45.8 Å². The minimum Gasteiger partial charge on any atom is -0.491 e. The van der Waals surface area contributed by atoms with Gasteiger partial charge in [-0.05, 0) is 38.8 Å². The molecule has 4 heteroatoms. The molecule has 0 saturated heterocycles. The molecular weight excluding hydrogens is 230 g/mol. The van der Waals surface area contributed by atoms with E-state index in [1.807, 2.05) is 39.0 Å². The normalized spacial score (nSPS) is 12.5. The minimum absolute atomic E-state index is 0.0661. The maximum Gasteiger partial charge on any atom is 0.303 e. The Labute approximate surface area is 108 Å². The number of hydrogen-bond acceptors (Lipinski definition) is 3. The highest BCUT2D eigenvalue weighted by atomic mass is 16.5. The Bertz CT molecular complexity index is 416. The first-order valence-corrected chi connectivity index (χ1v) is 6.15. The van der Waals surface area contributed by atoms with Gasteiger partial charge in [-0.3, -0.25) is 4.79 Å². The van der Waals surface area contributed by atoms with Gasteiger partial charge in [-0.15, -0.1) is 0 Å². The van der Waals surface area contributed by atoms with Gasteiger partial charge in [-0.25, -0.2) is 0 Å². The van der Waals surface area contributed by atoms with Gasteiger partial charge < -0.3 is 15.6 Å². The molecule has 0 aromatic heterocycles. The summed E-state index contributed by atoms with van der Waals surface area (Å²) >= 11 is 0. The van der Waals surface area contributed by atoms with Crippen molar-refractivity contribution >= 4 is 5.97 Å². The number of aryl methyl sites for hydroxylation is 1. The van der Waals surface area contributed by atoms with Gasteiger partial charge in [0.2, 0.25) is 0 Å². The Kier molecular flexibility index (Phi) is 5.16. The molecule has 100 valence electrons. The van der Waals surface area contributed by atoms with Crippen LogP contribution in [0, 0.1) is 6.92 Å². The molecule has 1 rings (SSSR count). The van der Waals surface area contributed by atoms with E-state index in [2.05, 4.69) is 0 Å². The maximum atomic E-state index is 10.6. The number of rotatable bonds is 6. The highest BCUT2D eigenvalue weighted by Gasteiger charge is 2.16. The van der Waals surface area contributed by atoms with E-state index in [4.69, 9.17) is 15.6 Å². The van der Waals surface area contributed by atoms with E-state index in [0.29, 0.717) is 6.42 Å². The fourth-order valence-corrected chi connectivity index (χ4v) is 1.91. The van der Waals surface area contributed by atoms with Gasteiger partial charge in [-0.2, -0.15) is 0 Å². The smallest absolute Gasteiger partial charge is 0.303 e. The Morgan fingerprint density at radius 3 is 2.67 bits per heavy atom. The van der Waals surface area contributed by atoms with Crippen LogP contribution in [0.3, 0.4) is 0 Å². The van der Waals surface area contributed by atoms with Crippen LogP contribution in [-0.4, -0.2) is 17.2 Å². The average Bonchev–Trinajstić information content (AvgIpc) is 2.25. The predicted octanol–water partition coefficient (Wildman–Crippen LogP) is 2.65. The number of aliphatic carboxylic acids is 1. The van der Waals surface area contributed by atoms with Crippen molar-refractivity contribution in [3.63, 3.8) is 0 Å². The molecule has 0 bridgehead atoms. The molecule has 0 heterocycles. The van der Waals surface area contributed by atoms with E-state index in [1.54, 1.807) is 0 Å². The summed E-state index contributed by atoms with van der Waals surface area (Å²) in [4.78, 5) is 10.6. The molecule has 0 aliphatic carbocycles. The molecular formula is C14H21NO3. The summed E-state index contributed by atoms with van der Waals surface area (Å²) in [7, 11) is 0. The van der Waals surface area contributed by atoms with E-state index in [0.717, 1.165) is 16.9 Å². The highest BCUT2D eigenvalue weighted by molar-refractivity contribution is 5.66. The predicted molar refractivity (Wildman–Crippen MR) is 70.7 cm³/mol. The van der Waals surface area contributed by atoms with Crippen molar-refractivity contribution in [1.82, 2.24) is 0 Å². The van der Waals surface area contributed by atoms with Crippen molar-refractivity contribution in [3.8, 4) is 5.75 Å². The monoisotopic (exact) mass is 251 g/mol. The quantitative estimate of drug-likeness (QED) is 0.815. The Morgan fingerprint density at radius 2 is 2.11 bits per heavy atom. The SMILES string of the molecule is Cc1cccc(OC(C)C)c1C(N)CCC(=O)O. The molecule has 0 saturated carbocycles. The second-order valence-electron chi connectivity index (χ2n) is 4.69. The first-order chi connectivity index (χ1) is 8.41. The van der Waals surface area contributed by atoms with E-state index in [1.165, 1.54) is 0 Å². The molecule has 4 nitrogen and oxygen atoms in total. The summed E-state index contributed by atoms with van der Waals surface area (Å²) in [6.45, 7) is 5.87. The van der Waals surface area contributed by atoms with E-state index >= 15 is 0 Å². The molecule has 3 N–H and O–H groups in total. The van der Waals surface area contributed by atoms with Gasteiger partial charge >= 0.3 is 5.97 Å². The summed E-state index contributed by atoms with van der Waals surface area (Å²) < 4.78 is 5.73. The largest absolute Gasteiger partial charge is 0.491 e. The molecule has 1 atom stereocenters. The van der Waals surface area contributed by atoms with Gasteiger partial charge in [0, 0.05) is 18.0 Å². The molecule has 0 spiro atoms. The van der Waals surface area contributed by atoms with Crippen LogP contribution in [0.15, 0.2) is 18.2 Å². The van der Waals surface area contributed by atoms with Crippen LogP contribution in [0.25, 0.3) is 0 Å². The lowest BCUT2D eigenvalue weighted by atomic mass is 9.97. The zero-order valence-electron chi connectivity index (χ0n) is 11.1. The van der Waals surface area contributed by atoms with Crippen molar-refractivity contribution in [3.05, 3.63) is 29.3 Å². The number of benzene rings is 1. The minimum atomic E-state index is -0.828. The number of ether oxygens (including phenoxy) is 1. The Balaban J connectivity index is 2.93. The van der Waals surface area contributed by atoms with Crippen LogP contribution < -0.4 is 10.5 Å². The van der Waals surface area contributed by atoms with Crippen LogP contribution in [0.2, 0.25) is 0 Å². The summed E-state index contributed by atoms with van der Waals surface area (Å²) in [5, 5.41) is 8.71. The van der Waals surface area contributed by atoms with Crippen molar-refractivity contribution in [1.29, 1.82) is 0 Å². The van der Waals surface area contributed by atoms with Gasteiger partial charge in [-0.1, -0.05) is 12.1 Å². The third-order valence-electron chi connectivity index (χ3n) is 2.69. The molecule has 1 aromatic rings. The molecule has 0 radical (unpaired) electrons. The Hall–Kier alpha value is -1.55. The van der Waals surface area contributed by atoms with Crippen LogP contribution in [0.4, 0.5) is 0 Å². The second kappa shape index (κ2) is 6.40. The lowest BCUT2D eigenvalue weighted by Crippen LogP contribution is -2.17. The Morgan fingerprint density at radius 1 is 1.44 bits per heavy atom. The van der Waals surface area contributed by atoms with Crippen LogP contribution >= 0.6 is 0 Å². The average molecular weight is 251 g/mol. The summed E-state index contributed by atoms with van der Waals surface area (Å²) in [6, 6.07) is 5.45. The van der Waals surface area contributed by atoms with Gasteiger partial charge in [0.05, 0.1) is 6.10 Å². The van der Waals surface area contributed by atoms with Gasteiger partial charge in [0.25, 0.3) is 0 Å². The summed E-state index contributed by atoms with van der Waals surface area (Å²) in [5.74, 6) is -0.0757. The first-order valence-electron chi connectivity index (χ1n) is 6.15. The molecule has 0 aliphatic heterocycles. The first kappa shape index (κ1) is 14.5. The van der Waals surface area contributed by atoms with Crippen molar-refractivity contribution < 1.29 is 14.6 Å². The fraction of sp³-hybridized carbons (Fsp3) is 0.500. The lowest BCUT2D eigenvalue weighted by Gasteiger charge is -2.20. The van der Waals surface area contributed by atoms with Crippen molar-refractivity contribution in [2.24, 2.45) is 5.73 Å². The second-order valence-corrected chi connectivity index (χ2v) is 4.69. The van der Waals surface area contributed by atoms with Crippen LogP contribution in [-0.2, 0) is 4.79 Å². The zero-order chi connectivity index (χ0) is 13.7. The number of nitrogens with two attached hydrogens (primary N) is 1. The zero-order valence-corrected chi connectivity index (χ0v) is 11.1. The van der Waals surface area contributed by atoms with E-state index in [9.17, 15) is 4.79 Å². The third kappa shape index (κ3) is 4.04.